The maximum absolute atomic E-state index is 12.6. The molecular weight excluding hydrogens is 354 g/mol. The molecule has 0 saturated carbocycles. The van der Waals surface area contributed by atoms with E-state index in [-0.39, 0.29) is 12.3 Å². The Morgan fingerprint density at radius 3 is 2.46 bits per heavy atom. The van der Waals surface area contributed by atoms with E-state index < -0.39 is 12.0 Å². The van der Waals surface area contributed by atoms with Crippen LogP contribution in [0.3, 0.4) is 0 Å². The second-order valence-corrected chi connectivity index (χ2v) is 6.54. The summed E-state index contributed by atoms with van der Waals surface area (Å²) in [6.45, 7) is 0.263. The molecule has 5 heteroatoms. The number of amides is 2. The highest BCUT2D eigenvalue weighted by Gasteiger charge is 2.36. The van der Waals surface area contributed by atoms with Crippen LogP contribution in [0.25, 0.3) is 16.8 Å². The van der Waals surface area contributed by atoms with Gasteiger partial charge >= 0.3 is 6.09 Å². The summed E-state index contributed by atoms with van der Waals surface area (Å²) in [5.74, 6) is 0.405. The maximum Gasteiger partial charge on any atom is 0.422 e. The molecule has 5 nitrogen and oxygen atoms in total. The lowest BCUT2D eigenvalue weighted by Gasteiger charge is -2.10. The standard InChI is InChI=1S/C23H19NO4/c1-27-20-10-7-16(8-11-20)12-13-24-22(25)21(28-23(24)26)15-17-6-9-18-4-2-3-5-19(18)14-17/h2-11,14-15H,12-13H2,1H3/b21-15+. The fourth-order valence-corrected chi connectivity index (χ4v) is 3.17. The topological polar surface area (TPSA) is 55.8 Å². The Balaban J connectivity index is 1.48. The number of hydrogen-bond donors (Lipinski definition) is 0. The number of ether oxygens (including phenoxy) is 2. The Labute approximate surface area is 162 Å². The monoisotopic (exact) mass is 373 g/mol. The van der Waals surface area contributed by atoms with Crippen molar-refractivity contribution in [3.05, 3.63) is 83.6 Å². The van der Waals surface area contributed by atoms with Crippen molar-refractivity contribution in [1.29, 1.82) is 0 Å². The van der Waals surface area contributed by atoms with Crippen LogP contribution >= 0.6 is 0 Å². The second-order valence-electron chi connectivity index (χ2n) is 6.54. The molecule has 0 unspecified atom stereocenters. The molecule has 2 amide bonds. The number of rotatable bonds is 5. The van der Waals surface area contributed by atoms with Crippen molar-refractivity contribution in [2.45, 2.75) is 6.42 Å². The van der Waals surface area contributed by atoms with Gasteiger partial charge in [-0.05, 0) is 52.6 Å². The van der Waals surface area contributed by atoms with E-state index in [0.29, 0.717) is 6.42 Å². The van der Waals surface area contributed by atoms with E-state index >= 15 is 0 Å². The second kappa shape index (κ2) is 7.56. The molecule has 0 aliphatic carbocycles. The molecule has 140 valence electrons. The third-order valence-corrected chi connectivity index (χ3v) is 4.73. The van der Waals surface area contributed by atoms with E-state index in [1.807, 2.05) is 66.7 Å². The number of benzene rings is 3. The highest BCUT2D eigenvalue weighted by molar-refractivity contribution is 6.10. The Bertz CT molecular complexity index is 1070. The summed E-state index contributed by atoms with van der Waals surface area (Å²) < 4.78 is 10.3. The van der Waals surface area contributed by atoms with Crippen LogP contribution < -0.4 is 4.74 Å². The molecule has 1 fully saturated rings. The molecule has 3 aromatic rings. The average molecular weight is 373 g/mol. The fourth-order valence-electron chi connectivity index (χ4n) is 3.17. The van der Waals surface area contributed by atoms with Crippen molar-refractivity contribution in [2.24, 2.45) is 0 Å². The number of carbonyl (C=O) groups excluding carboxylic acids is 2. The zero-order valence-corrected chi connectivity index (χ0v) is 15.4. The molecule has 0 spiro atoms. The van der Waals surface area contributed by atoms with Gasteiger partial charge in [-0.25, -0.2) is 9.69 Å². The third-order valence-electron chi connectivity index (χ3n) is 4.73. The molecule has 0 bridgehead atoms. The van der Waals surface area contributed by atoms with Gasteiger partial charge in [0, 0.05) is 6.54 Å². The Kier molecular flexibility index (Phi) is 4.81. The van der Waals surface area contributed by atoms with Gasteiger partial charge in [0.1, 0.15) is 5.75 Å². The molecule has 0 atom stereocenters. The minimum absolute atomic E-state index is 0.0509. The predicted molar refractivity (Wildman–Crippen MR) is 107 cm³/mol. The van der Waals surface area contributed by atoms with Crippen molar-refractivity contribution in [1.82, 2.24) is 4.90 Å². The fraction of sp³-hybridized carbons (Fsp3) is 0.130. The highest BCUT2D eigenvalue weighted by Crippen LogP contribution is 2.23. The van der Waals surface area contributed by atoms with Gasteiger partial charge in [0.05, 0.1) is 7.11 Å². The summed E-state index contributed by atoms with van der Waals surface area (Å²) in [5, 5.41) is 2.17. The minimum atomic E-state index is -0.634. The maximum atomic E-state index is 12.6. The van der Waals surface area contributed by atoms with Crippen molar-refractivity contribution in [3.63, 3.8) is 0 Å². The number of cyclic esters (lactones) is 1. The van der Waals surface area contributed by atoms with Crippen LogP contribution in [0.2, 0.25) is 0 Å². The summed E-state index contributed by atoms with van der Waals surface area (Å²) in [6, 6.07) is 21.3. The minimum Gasteiger partial charge on any atom is -0.497 e. The summed E-state index contributed by atoms with van der Waals surface area (Å²) in [5.41, 5.74) is 1.82. The number of carbonyl (C=O) groups is 2. The van der Waals surface area contributed by atoms with Gasteiger partial charge in [-0.1, -0.05) is 48.5 Å². The number of imide groups is 1. The summed E-state index contributed by atoms with van der Waals surface area (Å²) in [6.07, 6.45) is 1.53. The van der Waals surface area contributed by atoms with E-state index in [1.54, 1.807) is 13.2 Å². The first-order chi connectivity index (χ1) is 13.6. The third kappa shape index (κ3) is 3.60. The molecule has 4 rings (SSSR count). The lowest BCUT2D eigenvalue weighted by Crippen LogP contribution is -2.30. The number of hydrogen-bond acceptors (Lipinski definition) is 4. The van der Waals surface area contributed by atoms with Crippen molar-refractivity contribution in [3.8, 4) is 5.75 Å². The molecule has 0 N–H and O–H groups in total. The first kappa shape index (κ1) is 17.8. The van der Waals surface area contributed by atoms with Crippen molar-refractivity contribution >= 4 is 28.8 Å². The summed E-state index contributed by atoms with van der Waals surface area (Å²) in [7, 11) is 1.61. The molecule has 28 heavy (non-hydrogen) atoms. The molecule has 1 aliphatic rings. The van der Waals surface area contributed by atoms with Gasteiger partial charge in [-0.15, -0.1) is 0 Å². The predicted octanol–water partition coefficient (Wildman–Crippen LogP) is 4.41. The number of methoxy groups -OCH3 is 1. The van der Waals surface area contributed by atoms with E-state index in [9.17, 15) is 9.59 Å². The van der Waals surface area contributed by atoms with E-state index in [2.05, 4.69) is 0 Å². The van der Waals surface area contributed by atoms with E-state index in [4.69, 9.17) is 9.47 Å². The lowest BCUT2D eigenvalue weighted by atomic mass is 10.1. The largest absolute Gasteiger partial charge is 0.497 e. The van der Waals surface area contributed by atoms with Crippen LogP contribution in [-0.2, 0) is 16.0 Å². The van der Waals surface area contributed by atoms with Crippen LogP contribution in [0.1, 0.15) is 11.1 Å². The zero-order valence-electron chi connectivity index (χ0n) is 15.4. The molecule has 1 heterocycles. The van der Waals surface area contributed by atoms with E-state index in [1.165, 1.54) is 0 Å². The normalized spacial score (nSPS) is 15.3. The molecule has 1 saturated heterocycles. The Morgan fingerprint density at radius 1 is 0.964 bits per heavy atom. The Hall–Kier alpha value is -3.60. The average Bonchev–Trinajstić information content (AvgIpc) is 2.99. The van der Waals surface area contributed by atoms with Gasteiger partial charge in [0.25, 0.3) is 5.91 Å². The van der Waals surface area contributed by atoms with Gasteiger partial charge in [-0.3, -0.25) is 4.79 Å². The smallest absolute Gasteiger partial charge is 0.422 e. The van der Waals surface area contributed by atoms with Gasteiger partial charge < -0.3 is 9.47 Å². The van der Waals surface area contributed by atoms with Gasteiger partial charge in [0.2, 0.25) is 0 Å². The zero-order chi connectivity index (χ0) is 19.5. The summed E-state index contributed by atoms with van der Waals surface area (Å²) >= 11 is 0. The number of nitrogens with zero attached hydrogens (tertiary/aromatic N) is 1. The lowest BCUT2D eigenvalue weighted by molar-refractivity contribution is -0.123. The quantitative estimate of drug-likeness (QED) is 0.622. The van der Waals surface area contributed by atoms with Crippen LogP contribution in [0.5, 0.6) is 5.75 Å². The highest BCUT2D eigenvalue weighted by atomic mass is 16.6. The van der Waals surface area contributed by atoms with Crippen LogP contribution in [0.4, 0.5) is 4.79 Å². The number of fused-ring (bicyclic) bond motifs is 1. The Morgan fingerprint density at radius 2 is 1.71 bits per heavy atom. The first-order valence-electron chi connectivity index (χ1n) is 9.01. The van der Waals surface area contributed by atoms with Gasteiger partial charge in [0.15, 0.2) is 5.76 Å². The van der Waals surface area contributed by atoms with E-state index in [0.717, 1.165) is 32.5 Å². The molecular formula is C23H19NO4. The van der Waals surface area contributed by atoms with Crippen LogP contribution in [-0.4, -0.2) is 30.6 Å². The molecule has 1 aliphatic heterocycles. The first-order valence-corrected chi connectivity index (χ1v) is 9.01. The molecule has 3 aromatic carbocycles. The van der Waals surface area contributed by atoms with Gasteiger partial charge in [-0.2, -0.15) is 0 Å². The molecule has 0 aromatic heterocycles. The SMILES string of the molecule is COc1ccc(CCN2C(=O)O/C(=C/c3ccc4ccccc4c3)C2=O)cc1. The summed E-state index contributed by atoms with van der Waals surface area (Å²) in [4.78, 5) is 25.9. The van der Waals surface area contributed by atoms with Crippen LogP contribution in [0, 0.1) is 0 Å². The van der Waals surface area contributed by atoms with Crippen molar-refractivity contribution in [2.75, 3.05) is 13.7 Å². The van der Waals surface area contributed by atoms with Crippen LogP contribution in [0.15, 0.2) is 72.5 Å². The molecule has 0 radical (unpaired) electrons. The van der Waals surface area contributed by atoms with Crippen molar-refractivity contribution < 1.29 is 19.1 Å².